The molecule has 102 valence electrons. The lowest BCUT2D eigenvalue weighted by molar-refractivity contribution is -0.137. The second kappa shape index (κ2) is 5.31. The number of halogens is 3. The third kappa shape index (κ3) is 3.25. The lowest BCUT2D eigenvalue weighted by Gasteiger charge is -2.20. The first-order valence-corrected chi connectivity index (χ1v) is 5.63. The van der Waals surface area contributed by atoms with E-state index in [1.165, 1.54) is 19.1 Å². The van der Waals surface area contributed by atoms with Crippen LogP contribution in [0.3, 0.4) is 0 Å². The Morgan fingerprint density at radius 1 is 1.37 bits per heavy atom. The molecule has 1 rings (SSSR count). The number of alkyl halides is 3. The smallest absolute Gasteiger partial charge is 0.324 e. The van der Waals surface area contributed by atoms with Gasteiger partial charge in [0.1, 0.15) is 5.41 Å². The first-order chi connectivity index (χ1) is 8.74. The zero-order valence-electron chi connectivity index (χ0n) is 10.5. The van der Waals surface area contributed by atoms with E-state index in [1.807, 2.05) is 6.07 Å². The molecule has 1 aromatic carbocycles. The van der Waals surface area contributed by atoms with Gasteiger partial charge in [0, 0.05) is 0 Å². The molecule has 1 amide bonds. The van der Waals surface area contributed by atoms with Crippen LogP contribution in [0.2, 0.25) is 0 Å². The fourth-order valence-corrected chi connectivity index (χ4v) is 1.39. The van der Waals surface area contributed by atoms with Crippen LogP contribution in [0, 0.1) is 16.7 Å². The van der Waals surface area contributed by atoms with Crippen molar-refractivity contribution in [2.24, 2.45) is 5.41 Å². The van der Waals surface area contributed by atoms with Crippen LogP contribution in [0.25, 0.3) is 0 Å². The molecule has 0 saturated heterocycles. The number of nitriles is 1. The van der Waals surface area contributed by atoms with Gasteiger partial charge in [-0.3, -0.25) is 4.79 Å². The van der Waals surface area contributed by atoms with E-state index < -0.39 is 23.1 Å². The molecule has 0 fully saturated rings. The summed E-state index contributed by atoms with van der Waals surface area (Å²) in [6.07, 6.45) is -4.34. The molecular weight excluding hydrogens is 257 g/mol. The van der Waals surface area contributed by atoms with Gasteiger partial charge in [-0.05, 0) is 25.5 Å². The normalized spacial score (nSPS) is 14.3. The molecule has 1 atom stereocenters. The third-order valence-corrected chi connectivity index (χ3v) is 2.94. The fourth-order valence-electron chi connectivity index (χ4n) is 1.39. The highest BCUT2D eigenvalue weighted by atomic mass is 19.4. The van der Waals surface area contributed by atoms with Crippen molar-refractivity contribution in [2.45, 2.75) is 26.4 Å². The average molecular weight is 270 g/mol. The molecule has 0 radical (unpaired) electrons. The molecule has 1 unspecified atom stereocenters. The predicted molar refractivity (Wildman–Crippen MR) is 64.1 cm³/mol. The van der Waals surface area contributed by atoms with E-state index in [2.05, 4.69) is 5.32 Å². The van der Waals surface area contributed by atoms with E-state index in [4.69, 9.17) is 5.26 Å². The Morgan fingerprint density at radius 3 is 2.42 bits per heavy atom. The molecular formula is C13H13F3N2O. The Bertz CT molecular complexity index is 519. The van der Waals surface area contributed by atoms with Crippen molar-refractivity contribution in [2.75, 3.05) is 5.32 Å². The lowest BCUT2D eigenvalue weighted by atomic mass is 9.88. The summed E-state index contributed by atoms with van der Waals surface area (Å²) in [5, 5.41) is 11.1. The molecule has 0 aliphatic heterocycles. The summed E-state index contributed by atoms with van der Waals surface area (Å²) in [6, 6.07) is 6.48. The molecule has 19 heavy (non-hydrogen) atoms. The van der Waals surface area contributed by atoms with Gasteiger partial charge in [-0.1, -0.05) is 19.1 Å². The largest absolute Gasteiger partial charge is 0.418 e. The quantitative estimate of drug-likeness (QED) is 0.912. The zero-order chi connectivity index (χ0) is 14.7. The van der Waals surface area contributed by atoms with E-state index in [0.717, 1.165) is 12.1 Å². The molecule has 0 spiro atoms. The van der Waals surface area contributed by atoms with Crippen LogP contribution < -0.4 is 5.32 Å². The molecule has 1 aromatic rings. The van der Waals surface area contributed by atoms with Crippen LogP contribution in [0.1, 0.15) is 25.8 Å². The average Bonchev–Trinajstić information content (AvgIpc) is 2.37. The number of benzene rings is 1. The van der Waals surface area contributed by atoms with E-state index >= 15 is 0 Å². The maximum Gasteiger partial charge on any atom is 0.418 e. The first kappa shape index (κ1) is 15.0. The van der Waals surface area contributed by atoms with Gasteiger partial charge in [0.05, 0.1) is 17.3 Å². The predicted octanol–water partition coefficient (Wildman–Crippen LogP) is 3.58. The number of hydrogen-bond donors (Lipinski definition) is 1. The SMILES string of the molecule is CCC(C)(C#N)C(=O)Nc1ccccc1C(F)(F)F. The van der Waals surface area contributed by atoms with Gasteiger partial charge >= 0.3 is 6.18 Å². The van der Waals surface area contributed by atoms with E-state index in [-0.39, 0.29) is 12.1 Å². The van der Waals surface area contributed by atoms with Crippen LogP contribution >= 0.6 is 0 Å². The zero-order valence-corrected chi connectivity index (χ0v) is 10.5. The summed E-state index contributed by atoms with van der Waals surface area (Å²) in [5.74, 6) is -0.741. The summed E-state index contributed by atoms with van der Waals surface area (Å²) >= 11 is 0. The molecule has 1 N–H and O–H groups in total. The highest BCUT2D eigenvalue weighted by molar-refractivity contribution is 5.97. The minimum atomic E-state index is -4.56. The van der Waals surface area contributed by atoms with Gasteiger partial charge in [0.25, 0.3) is 0 Å². The highest BCUT2D eigenvalue weighted by Gasteiger charge is 2.36. The van der Waals surface area contributed by atoms with Crippen molar-refractivity contribution < 1.29 is 18.0 Å². The van der Waals surface area contributed by atoms with Crippen LogP contribution in [0.4, 0.5) is 18.9 Å². The minimum absolute atomic E-state index is 0.212. The number of para-hydroxylation sites is 1. The van der Waals surface area contributed by atoms with Crippen LogP contribution in [-0.4, -0.2) is 5.91 Å². The van der Waals surface area contributed by atoms with Crippen molar-refractivity contribution in [3.63, 3.8) is 0 Å². The summed E-state index contributed by atoms with van der Waals surface area (Å²) < 4.78 is 38.2. The molecule has 0 aromatic heterocycles. The minimum Gasteiger partial charge on any atom is -0.324 e. The Morgan fingerprint density at radius 2 is 1.95 bits per heavy atom. The summed E-state index contributed by atoms with van der Waals surface area (Å²) in [7, 11) is 0. The number of anilines is 1. The van der Waals surface area contributed by atoms with Crippen LogP contribution in [0.15, 0.2) is 24.3 Å². The van der Waals surface area contributed by atoms with Crippen LogP contribution in [0.5, 0.6) is 0 Å². The van der Waals surface area contributed by atoms with Gasteiger partial charge in [0.2, 0.25) is 5.91 Å². The van der Waals surface area contributed by atoms with Crippen molar-refractivity contribution in [3.8, 4) is 6.07 Å². The van der Waals surface area contributed by atoms with E-state index in [9.17, 15) is 18.0 Å². The first-order valence-electron chi connectivity index (χ1n) is 5.63. The van der Waals surface area contributed by atoms with Gasteiger partial charge in [0.15, 0.2) is 0 Å². The number of amides is 1. The number of nitrogens with zero attached hydrogens (tertiary/aromatic N) is 1. The molecule has 0 bridgehead atoms. The van der Waals surface area contributed by atoms with Gasteiger partial charge in [-0.25, -0.2) is 0 Å². The maximum absolute atomic E-state index is 12.7. The second-order valence-corrected chi connectivity index (χ2v) is 4.29. The van der Waals surface area contributed by atoms with Crippen molar-refractivity contribution in [1.29, 1.82) is 5.26 Å². The highest BCUT2D eigenvalue weighted by Crippen LogP contribution is 2.35. The van der Waals surface area contributed by atoms with Crippen molar-refractivity contribution >= 4 is 11.6 Å². The second-order valence-electron chi connectivity index (χ2n) is 4.29. The van der Waals surface area contributed by atoms with Gasteiger partial charge in [-0.2, -0.15) is 18.4 Å². The lowest BCUT2D eigenvalue weighted by Crippen LogP contribution is -2.32. The number of carbonyl (C=O) groups excluding carboxylic acids is 1. The van der Waals surface area contributed by atoms with E-state index in [0.29, 0.717) is 0 Å². The van der Waals surface area contributed by atoms with Gasteiger partial charge < -0.3 is 5.32 Å². The molecule has 6 heteroatoms. The fraction of sp³-hybridized carbons (Fsp3) is 0.385. The Labute approximate surface area is 109 Å². The molecule has 3 nitrogen and oxygen atoms in total. The Balaban J connectivity index is 3.09. The van der Waals surface area contributed by atoms with Crippen molar-refractivity contribution in [1.82, 2.24) is 0 Å². The third-order valence-electron chi connectivity index (χ3n) is 2.94. The molecule has 0 saturated carbocycles. The standard InChI is InChI=1S/C13H13F3N2O/c1-3-12(2,8-17)11(19)18-10-7-5-4-6-9(10)13(14,15)16/h4-7H,3H2,1-2H3,(H,18,19). The molecule has 0 aliphatic carbocycles. The monoisotopic (exact) mass is 270 g/mol. The summed E-state index contributed by atoms with van der Waals surface area (Å²) in [5.41, 5.74) is -2.62. The Kier molecular flexibility index (Phi) is 4.20. The molecule has 0 heterocycles. The van der Waals surface area contributed by atoms with E-state index in [1.54, 1.807) is 6.92 Å². The van der Waals surface area contributed by atoms with Crippen LogP contribution in [-0.2, 0) is 11.0 Å². The topological polar surface area (TPSA) is 52.9 Å². The summed E-state index contributed by atoms with van der Waals surface area (Å²) in [6.45, 7) is 3.01. The van der Waals surface area contributed by atoms with Gasteiger partial charge in [-0.15, -0.1) is 0 Å². The Hall–Kier alpha value is -2.03. The summed E-state index contributed by atoms with van der Waals surface area (Å²) in [4.78, 5) is 11.9. The number of nitrogens with one attached hydrogen (secondary N) is 1. The number of carbonyl (C=O) groups is 1. The number of hydrogen-bond acceptors (Lipinski definition) is 2. The molecule has 0 aliphatic rings. The van der Waals surface area contributed by atoms with Crippen molar-refractivity contribution in [3.05, 3.63) is 29.8 Å². The number of rotatable bonds is 3. The maximum atomic E-state index is 12.7.